The lowest BCUT2D eigenvalue weighted by atomic mass is 9.89. The van der Waals surface area contributed by atoms with Gasteiger partial charge in [-0.1, -0.05) is 27.2 Å². The molecule has 0 aromatic heterocycles. The highest BCUT2D eigenvalue weighted by molar-refractivity contribution is 5.77. The molecule has 2 heteroatoms. The van der Waals surface area contributed by atoms with Gasteiger partial charge in [-0.3, -0.25) is 4.79 Å². The number of rotatable bonds is 8. The summed E-state index contributed by atoms with van der Waals surface area (Å²) in [5.74, 6) is 0.988. The van der Waals surface area contributed by atoms with E-state index in [1.165, 1.54) is 0 Å². The fourth-order valence-corrected chi connectivity index (χ4v) is 1.42. The molecule has 0 aromatic carbocycles. The zero-order valence-electron chi connectivity index (χ0n) is 10.5. The molecule has 82 valence electrons. The highest BCUT2D eigenvalue weighted by Crippen LogP contribution is 2.20. The lowest BCUT2D eigenvalue weighted by Crippen LogP contribution is -2.09. The number of carbonyl (C=O) groups is 2. The summed E-state index contributed by atoms with van der Waals surface area (Å²) in [4.78, 5) is 21.7. The molecule has 0 saturated heterocycles. The second-order valence-electron chi connectivity index (χ2n) is 4.09. The Balaban J connectivity index is 3.68. The van der Waals surface area contributed by atoms with Crippen molar-refractivity contribution in [3.05, 3.63) is 0 Å². The van der Waals surface area contributed by atoms with Gasteiger partial charge in [-0.25, -0.2) is 0 Å². The molecule has 0 rings (SSSR count). The van der Waals surface area contributed by atoms with Gasteiger partial charge < -0.3 is 4.79 Å². The van der Waals surface area contributed by atoms with Crippen LogP contribution in [0, 0.1) is 11.8 Å². The normalized spacial score (nSPS) is 15.8. The molecule has 14 heavy (non-hydrogen) atoms. The van der Waals surface area contributed by atoms with Crippen molar-refractivity contribution >= 4 is 12.0 Å². The van der Waals surface area contributed by atoms with Crippen LogP contribution in [0.5, 0.6) is 0 Å². The van der Waals surface area contributed by atoms with E-state index in [1.54, 1.807) is 0 Å². The second-order valence-corrected chi connectivity index (χ2v) is 4.09. The summed E-state index contributed by atoms with van der Waals surface area (Å²) in [6.07, 6.45) is 3.00. The van der Waals surface area contributed by atoms with E-state index in [0.29, 0.717) is 31.0 Å². The quantitative estimate of drug-likeness (QED) is 0.564. The molecule has 0 heterocycles. The molecule has 0 aromatic rings. The zero-order valence-corrected chi connectivity index (χ0v) is 9.51. The number of aldehydes is 1. The van der Waals surface area contributed by atoms with Crippen molar-refractivity contribution in [1.29, 1.82) is 0 Å². The van der Waals surface area contributed by atoms with Crippen LogP contribution in [0.25, 0.3) is 0 Å². The van der Waals surface area contributed by atoms with Crippen molar-refractivity contribution in [3.63, 3.8) is 0 Å². The van der Waals surface area contributed by atoms with E-state index >= 15 is 0 Å². The summed E-state index contributed by atoms with van der Waals surface area (Å²) in [5, 5.41) is 0. The average Bonchev–Trinajstić information content (AvgIpc) is 2.16. The molecule has 0 bridgehead atoms. The minimum atomic E-state index is -0.487. The number of carbonyl (C=O) groups excluding carboxylic acids is 2. The number of Topliss-reactive ketones (excluding diaryl/α,β-unsaturated/α-hetero) is 1. The molecule has 2 unspecified atom stereocenters. The summed E-state index contributed by atoms with van der Waals surface area (Å²) in [5.41, 5.74) is 0. The van der Waals surface area contributed by atoms with Crippen LogP contribution in [0.2, 0.25) is 0 Å². The van der Waals surface area contributed by atoms with Crippen molar-refractivity contribution in [2.45, 2.75) is 52.9 Å². The van der Waals surface area contributed by atoms with E-state index in [0.717, 1.165) is 12.8 Å². The fourth-order valence-electron chi connectivity index (χ4n) is 1.42. The van der Waals surface area contributed by atoms with Gasteiger partial charge in [0.1, 0.15) is 13.4 Å². The Morgan fingerprint density at radius 1 is 1.43 bits per heavy atom. The second kappa shape index (κ2) is 7.72. The first kappa shape index (κ1) is 11.4. The summed E-state index contributed by atoms with van der Waals surface area (Å²) >= 11 is 0. The third kappa shape index (κ3) is 5.90. The van der Waals surface area contributed by atoms with E-state index < -0.39 is 6.26 Å². The third-order valence-electron chi connectivity index (χ3n) is 2.89. The van der Waals surface area contributed by atoms with Crippen LogP contribution in [-0.4, -0.2) is 12.0 Å². The van der Waals surface area contributed by atoms with Gasteiger partial charge in [0.25, 0.3) is 0 Å². The largest absolute Gasteiger partial charge is 0.303 e. The molecular formula is C12H22O2. The first-order valence-corrected chi connectivity index (χ1v) is 5.48. The molecule has 2 nitrogen and oxygen atoms in total. The first-order chi connectivity index (χ1) is 6.97. The SMILES string of the molecule is [3H]C(=O)CC(C)C(C)CCCC(=O)CC. The van der Waals surface area contributed by atoms with Crippen LogP contribution in [0.15, 0.2) is 0 Å². The highest BCUT2D eigenvalue weighted by atomic mass is 16.1. The van der Waals surface area contributed by atoms with Crippen LogP contribution in [0.1, 0.15) is 54.2 Å². The summed E-state index contributed by atoms with van der Waals surface area (Å²) in [6.45, 7) is 5.97. The summed E-state index contributed by atoms with van der Waals surface area (Å²) in [6, 6.07) is 0. The maximum Gasteiger partial charge on any atom is 0.132 e. The predicted octanol–water partition coefficient (Wildman–Crippen LogP) is 3.00. The number of ketones is 1. The topological polar surface area (TPSA) is 34.1 Å². The van der Waals surface area contributed by atoms with Crippen molar-refractivity contribution in [2.75, 3.05) is 0 Å². The van der Waals surface area contributed by atoms with Gasteiger partial charge in [0.05, 0.1) is 0 Å². The standard InChI is InChI=1S/C12H22O2/c1-4-12(14)7-5-6-10(2)11(3)8-9-13/h9-11H,4-8H2,1-3H3/i9T. The van der Waals surface area contributed by atoms with Gasteiger partial charge in [0.15, 0.2) is 0 Å². The Kier molecular flexibility index (Phi) is 6.29. The Morgan fingerprint density at radius 2 is 2.07 bits per heavy atom. The van der Waals surface area contributed by atoms with Gasteiger partial charge >= 0.3 is 0 Å². The first-order valence-electron chi connectivity index (χ1n) is 5.98. The molecular weight excluding hydrogens is 176 g/mol. The fraction of sp³-hybridized carbons (Fsp3) is 0.833. The van der Waals surface area contributed by atoms with Crippen LogP contribution < -0.4 is 0 Å². The molecule has 0 saturated carbocycles. The van der Waals surface area contributed by atoms with Gasteiger partial charge in [0.2, 0.25) is 0 Å². The summed E-state index contributed by atoms with van der Waals surface area (Å²) < 4.78 is 6.88. The van der Waals surface area contributed by atoms with E-state index in [-0.39, 0.29) is 5.92 Å². The Labute approximate surface area is 88.5 Å². The minimum Gasteiger partial charge on any atom is -0.303 e. The molecule has 0 aliphatic rings. The molecule has 0 spiro atoms. The Morgan fingerprint density at radius 3 is 2.57 bits per heavy atom. The van der Waals surface area contributed by atoms with Crippen LogP contribution in [0.3, 0.4) is 0 Å². The molecule has 0 N–H and O–H groups in total. The maximum atomic E-state index is 11.1. The van der Waals surface area contributed by atoms with Crippen LogP contribution in [-0.2, 0) is 9.59 Å². The van der Waals surface area contributed by atoms with Gasteiger partial charge in [-0.15, -0.1) is 0 Å². The third-order valence-corrected chi connectivity index (χ3v) is 2.89. The number of hydrogen-bond donors (Lipinski definition) is 0. The van der Waals surface area contributed by atoms with E-state index in [9.17, 15) is 9.59 Å². The zero-order chi connectivity index (χ0) is 11.8. The highest BCUT2D eigenvalue weighted by Gasteiger charge is 2.11. The van der Waals surface area contributed by atoms with Gasteiger partial charge in [-0.05, 0) is 18.3 Å². The minimum absolute atomic E-state index is 0.256. The average molecular weight is 200 g/mol. The Bertz CT molecular complexity index is 214. The van der Waals surface area contributed by atoms with E-state index in [1.807, 2.05) is 13.8 Å². The van der Waals surface area contributed by atoms with Crippen molar-refractivity contribution in [3.8, 4) is 0 Å². The lowest BCUT2D eigenvalue weighted by Gasteiger charge is -2.16. The van der Waals surface area contributed by atoms with Crippen molar-refractivity contribution in [1.82, 2.24) is 0 Å². The van der Waals surface area contributed by atoms with Crippen LogP contribution >= 0.6 is 0 Å². The molecule has 0 aliphatic carbocycles. The predicted molar refractivity (Wildman–Crippen MR) is 58.2 cm³/mol. The van der Waals surface area contributed by atoms with E-state index in [2.05, 4.69) is 6.92 Å². The number of hydrogen-bond acceptors (Lipinski definition) is 2. The van der Waals surface area contributed by atoms with Crippen LogP contribution in [0.4, 0.5) is 0 Å². The van der Waals surface area contributed by atoms with Crippen molar-refractivity contribution in [2.24, 2.45) is 11.8 Å². The van der Waals surface area contributed by atoms with Crippen molar-refractivity contribution < 1.29 is 11.0 Å². The Hall–Kier alpha value is -0.660. The van der Waals surface area contributed by atoms with Gasteiger partial charge in [0, 0.05) is 19.3 Å². The summed E-state index contributed by atoms with van der Waals surface area (Å²) in [7, 11) is 0. The molecule has 0 radical (unpaired) electrons. The maximum absolute atomic E-state index is 11.1. The van der Waals surface area contributed by atoms with Gasteiger partial charge in [-0.2, -0.15) is 0 Å². The smallest absolute Gasteiger partial charge is 0.132 e. The molecule has 2 atom stereocenters. The molecule has 0 aliphatic heterocycles. The molecule has 0 amide bonds. The molecule has 0 fully saturated rings. The lowest BCUT2D eigenvalue weighted by molar-refractivity contribution is -0.119. The monoisotopic (exact) mass is 200 g/mol. The van der Waals surface area contributed by atoms with E-state index in [4.69, 9.17) is 1.37 Å².